The van der Waals surface area contributed by atoms with Gasteiger partial charge in [0.2, 0.25) is 0 Å². The van der Waals surface area contributed by atoms with Gasteiger partial charge < -0.3 is 14.7 Å². The molecule has 23 heavy (non-hydrogen) atoms. The van der Waals surface area contributed by atoms with Crippen LogP contribution in [0.2, 0.25) is 0 Å². The number of nitrogens with zero attached hydrogens (tertiary/aromatic N) is 4. The molecule has 1 aromatic carbocycles. The van der Waals surface area contributed by atoms with E-state index in [9.17, 15) is 9.59 Å². The van der Waals surface area contributed by atoms with Gasteiger partial charge in [0.25, 0.3) is 5.91 Å². The van der Waals surface area contributed by atoms with Crippen LogP contribution in [0.25, 0.3) is 0 Å². The van der Waals surface area contributed by atoms with E-state index in [1.807, 2.05) is 14.1 Å². The van der Waals surface area contributed by atoms with Crippen LogP contribution in [-0.4, -0.2) is 68.6 Å². The molecule has 0 N–H and O–H groups in total. The molecule has 2 saturated heterocycles. The van der Waals surface area contributed by atoms with Crippen LogP contribution in [0.1, 0.15) is 12.8 Å². The number of hydrogen-bond acceptors (Lipinski definition) is 4. The monoisotopic (exact) mass is 316 g/mol. The van der Waals surface area contributed by atoms with Gasteiger partial charge in [-0.05, 0) is 37.1 Å². The highest BCUT2D eigenvalue weighted by Gasteiger charge is 2.39. The van der Waals surface area contributed by atoms with E-state index in [0.717, 1.165) is 25.9 Å². The molecular formula is C17H24N4O2. The Kier molecular flexibility index (Phi) is 4.15. The second-order valence-corrected chi connectivity index (χ2v) is 6.53. The first-order valence-electron chi connectivity index (χ1n) is 8.07. The molecule has 0 aromatic heterocycles. The fourth-order valence-corrected chi connectivity index (χ4v) is 3.34. The molecule has 2 aliphatic rings. The van der Waals surface area contributed by atoms with Crippen LogP contribution in [0.3, 0.4) is 0 Å². The summed E-state index contributed by atoms with van der Waals surface area (Å²) >= 11 is 0. The molecular weight excluding hydrogens is 292 g/mol. The van der Waals surface area contributed by atoms with Crippen molar-refractivity contribution in [2.24, 2.45) is 0 Å². The number of rotatable bonds is 3. The van der Waals surface area contributed by atoms with E-state index in [1.165, 1.54) is 21.2 Å². The number of amides is 3. The average Bonchev–Trinajstić information content (AvgIpc) is 2.80. The van der Waals surface area contributed by atoms with E-state index in [1.54, 1.807) is 7.05 Å². The van der Waals surface area contributed by atoms with Crippen molar-refractivity contribution in [2.75, 3.05) is 50.6 Å². The highest BCUT2D eigenvalue weighted by Crippen LogP contribution is 2.26. The Bertz CT molecular complexity index is 591. The summed E-state index contributed by atoms with van der Waals surface area (Å²) < 4.78 is 0. The molecule has 6 heteroatoms. The number of hydrogen-bond donors (Lipinski definition) is 0. The van der Waals surface area contributed by atoms with Crippen molar-refractivity contribution in [3.8, 4) is 0 Å². The van der Waals surface area contributed by atoms with Gasteiger partial charge in [0.1, 0.15) is 6.54 Å². The lowest BCUT2D eigenvalue weighted by molar-refractivity contribution is -0.127. The first-order valence-corrected chi connectivity index (χ1v) is 8.07. The zero-order valence-electron chi connectivity index (χ0n) is 14.0. The van der Waals surface area contributed by atoms with Gasteiger partial charge in [-0.15, -0.1) is 0 Å². The van der Waals surface area contributed by atoms with Crippen LogP contribution in [0.5, 0.6) is 0 Å². The maximum absolute atomic E-state index is 12.1. The van der Waals surface area contributed by atoms with E-state index in [-0.39, 0.29) is 24.5 Å². The molecule has 3 amide bonds. The summed E-state index contributed by atoms with van der Waals surface area (Å²) in [4.78, 5) is 31.4. The summed E-state index contributed by atoms with van der Waals surface area (Å²) in [5.41, 5.74) is 2.38. The quantitative estimate of drug-likeness (QED) is 0.795. The third-order valence-corrected chi connectivity index (χ3v) is 4.73. The van der Waals surface area contributed by atoms with Crippen LogP contribution >= 0.6 is 0 Å². The fraction of sp³-hybridized carbons (Fsp3) is 0.529. The first-order chi connectivity index (χ1) is 11.0. The summed E-state index contributed by atoms with van der Waals surface area (Å²) in [5.74, 6) is -0.0636. The third kappa shape index (κ3) is 2.98. The van der Waals surface area contributed by atoms with Gasteiger partial charge in [0, 0.05) is 51.6 Å². The standard InChI is InChI=1S/C17H24N4O2/c1-18(2)13-4-6-14(7-5-13)20-10-8-15(9-11-20)21-16(22)12-19(3)17(21)23/h4-7,15H,8-12H2,1-3H3. The molecule has 0 aliphatic carbocycles. The van der Waals surface area contributed by atoms with Crippen molar-refractivity contribution < 1.29 is 9.59 Å². The Labute approximate surface area is 137 Å². The lowest BCUT2D eigenvalue weighted by atomic mass is 10.0. The molecule has 0 bridgehead atoms. The molecule has 124 valence electrons. The largest absolute Gasteiger partial charge is 0.378 e. The Hall–Kier alpha value is -2.24. The molecule has 2 aliphatic heterocycles. The summed E-state index contributed by atoms with van der Waals surface area (Å²) in [6.07, 6.45) is 1.67. The third-order valence-electron chi connectivity index (χ3n) is 4.73. The highest BCUT2D eigenvalue weighted by atomic mass is 16.2. The smallest absolute Gasteiger partial charge is 0.327 e. The van der Waals surface area contributed by atoms with Crippen LogP contribution in [0, 0.1) is 0 Å². The van der Waals surface area contributed by atoms with E-state index in [2.05, 4.69) is 34.1 Å². The Morgan fingerprint density at radius 3 is 2.13 bits per heavy atom. The molecule has 2 fully saturated rings. The maximum atomic E-state index is 12.1. The number of piperidine rings is 1. The zero-order valence-corrected chi connectivity index (χ0v) is 14.0. The van der Waals surface area contributed by atoms with E-state index in [4.69, 9.17) is 0 Å². The Morgan fingerprint density at radius 2 is 1.65 bits per heavy atom. The molecule has 0 atom stereocenters. The van der Waals surface area contributed by atoms with Crippen molar-refractivity contribution in [1.82, 2.24) is 9.80 Å². The number of carbonyl (C=O) groups excluding carboxylic acids is 2. The van der Waals surface area contributed by atoms with Crippen LogP contribution < -0.4 is 9.80 Å². The molecule has 0 saturated carbocycles. The summed E-state index contributed by atoms with van der Waals surface area (Å²) in [5, 5.41) is 0. The molecule has 6 nitrogen and oxygen atoms in total. The van der Waals surface area contributed by atoms with Crippen molar-refractivity contribution in [1.29, 1.82) is 0 Å². The Morgan fingerprint density at radius 1 is 1.04 bits per heavy atom. The molecule has 2 heterocycles. The van der Waals surface area contributed by atoms with Gasteiger partial charge in [0.15, 0.2) is 0 Å². The molecule has 1 aromatic rings. The summed E-state index contributed by atoms with van der Waals surface area (Å²) in [7, 11) is 5.74. The normalized spacial score (nSPS) is 19.7. The lowest BCUT2D eigenvalue weighted by Gasteiger charge is -2.36. The number of likely N-dealkylation sites (N-methyl/N-ethyl adjacent to an activating group) is 1. The average molecular weight is 316 g/mol. The zero-order chi connectivity index (χ0) is 16.6. The van der Waals surface area contributed by atoms with Gasteiger partial charge in [-0.2, -0.15) is 0 Å². The number of imide groups is 1. The first kappa shape index (κ1) is 15.6. The number of anilines is 2. The van der Waals surface area contributed by atoms with Gasteiger partial charge in [-0.3, -0.25) is 9.69 Å². The van der Waals surface area contributed by atoms with Crippen molar-refractivity contribution in [3.05, 3.63) is 24.3 Å². The molecule has 0 spiro atoms. The number of carbonyl (C=O) groups is 2. The van der Waals surface area contributed by atoms with Crippen LogP contribution in [0.15, 0.2) is 24.3 Å². The lowest BCUT2D eigenvalue weighted by Crippen LogP contribution is -2.47. The summed E-state index contributed by atoms with van der Waals surface area (Å²) in [6.45, 7) is 1.95. The Balaban J connectivity index is 1.62. The predicted molar refractivity (Wildman–Crippen MR) is 90.9 cm³/mol. The van der Waals surface area contributed by atoms with Crippen molar-refractivity contribution in [3.63, 3.8) is 0 Å². The topological polar surface area (TPSA) is 47.1 Å². The second-order valence-electron chi connectivity index (χ2n) is 6.53. The van der Waals surface area contributed by atoms with Gasteiger partial charge in [0.05, 0.1) is 0 Å². The minimum atomic E-state index is -0.149. The van der Waals surface area contributed by atoms with Crippen molar-refractivity contribution in [2.45, 2.75) is 18.9 Å². The number of urea groups is 1. The maximum Gasteiger partial charge on any atom is 0.327 e. The van der Waals surface area contributed by atoms with E-state index < -0.39 is 0 Å². The molecule has 0 unspecified atom stereocenters. The van der Waals surface area contributed by atoms with Gasteiger partial charge in [-0.25, -0.2) is 4.79 Å². The highest BCUT2D eigenvalue weighted by molar-refractivity contribution is 6.02. The van der Waals surface area contributed by atoms with Gasteiger partial charge in [-0.1, -0.05) is 0 Å². The van der Waals surface area contributed by atoms with E-state index >= 15 is 0 Å². The van der Waals surface area contributed by atoms with Gasteiger partial charge >= 0.3 is 6.03 Å². The second kappa shape index (κ2) is 6.10. The minimum absolute atomic E-state index is 0.0391. The predicted octanol–water partition coefficient (Wildman–Crippen LogP) is 1.62. The van der Waals surface area contributed by atoms with Crippen LogP contribution in [-0.2, 0) is 4.79 Å². The fourth-order valence-electron chi connectivity index (χ4n) is 3.34. The van der Waals surface area contributed by atoms with Crippen molar-refractivity contribution >= 4 is 23.3 Å². The number of benzene rings is 1. The van der Waals surface area contributed by atoms with Crippen LogP contribution in [0.4, 0.5) is 16.2 Å². The minimum Gasteiger partial charge on any atom is -0.378 e. The summed E-state index contributed by atoms with van der Waals surface area (Å²) in [6, 6.07) is 8.39. The molecule has 0 radical (unpaired) electrons. The molecule has 3 rings (SSSR count). The SMILES string of the molecule is CN1CC(=O)N(C2CCN(c3ccc(N(C)C)cc3)CC2)C1=O. The van der Waals surface area contributed by atoms with E-state index in [0.29, 0.717) is 0 Å².